The van der Waals surface area contributed by atoms with Gasteiger partial charge in [-0.15, -0.1) is 0 Å². The fraction of sp³-hybridized carbons (Fsp3) is 0.500. The van der Waals surface area contributed by atoms with Gasteiger partial charge in [0.05, 0.1) is 0 Å². The summed E-state index contributed by atoms with van der Waals surface area (Å²) in [6.07, 6.45) is 3.13. The Morgan fingerprint density at radius 2 is 1.72 bits per heavy atom. The number of nitrogens with one attached hydrogen (secondary N) is 2. The second-order valence-electron chi connectivity index (χ2n) is 4.22. The predicted octanol–water partition coefficient (Wildman–Crippen LogP) is 1.14. The molecule has 0 heterocycles. The highest BCUT2D eigenvalue weighted by molar-refractivity contribution is 5.94. The van der Waals surface area contributed by atoms with Crippen molar-refractivity contribution in [1.29, 1.82) is 0 Å². The summed E-state index contributed by atoms with van der Waals surface area (Å²) >= 11 is 0. The van der Waals surface area contributed by atoms with Gasteiger partial charge < -0.3 is 16.4 Å². The molecule has 0 bridgehead atoms. The number of carbonyl (C=O) groups excluding carboxylic acids is 1. The van der Waals surface area contributed by atoms with Gasteiger partial charge in [0.15, 0.2) is 0 Å². The molecule has 0 atom stereocenters. The van der Waals surface area contributed by atoms with Crippen LogP contribution in [0.3, 0.4) is 0 Å². The van der Waals surface area contributed by atoms with Crippen molar-refractivity contribution < 1.29 is 4.79 Å². The molecule has 1 amide bonds. The van der Waals surface area contributed by atoms with Crippen LogP contribution in [0.2, 0.25) is 0 Å². The van der Waals surface area contributed by atoms with E-state index in [2.05, 4.69) is 10.6 Å². The van der Waals surface area contributed by atoms with Crippen molar-refractivity contribution >= 4 is 5.91 Å². The molecule has 4 N–H and O–H groups in total. The van der Waals surface area contributed by atoms with Crippen LogP contribution >= 0.6 is 0 Å². The standard InChI is InChI=1S/C14H23N3O/c15-9-4-5-10-16-11-6-12-17-14(18)13-7-2-1-3-8-13/h1-3,7-8,16H,4-6,9-12,15H2,(H,17,18). The third-order valence-electron chi connectivity index (χ3n) is 2.66. The van der Waals surface area contributed by atoms with Crippen LogP contribution in [-0.2, 0) is 0 Å². The number of hydrogen-bond donors (Lipinski definition) is 3. The summed E-state index contributed by atoms with van der Waals surface area (Å²) in [6.45, 7) is 3.40. The molecule has 0 aromatic heterocycles. The van der Waals surface area contributed by atoms with E-state index in [0.29, 0.717) is 12.1 Å². The molecule has 4 heteroatoms. The molecule has 1 aromatic carbocycles. The van der Waals surface area contributed by atoms with E-state index in [4.69, 9.17) is 5.73 Å². The van der Waals surface area contributed by atoms with Crippen molar-refractivity contribution in [3.63, 3.8) is 0 Å². The predicted molar refractivity (Wildman–Crippen MR) is 74.6 cm³/mol. The summed E-state index contributed by atoms with van der Waals surface area (Å²) in [6, 6.07) is 9.28. The molecule has 1 rings (SSSR count). The Kier molecular flexibility index (Phi) is 7.84. The first-order valence-corrected chi connectivity index (χ1v) is 6.58. The largest absolute Gasteiger partial charge is 0.352 e. The topological polar surface area (TPSA) is 67.2 Å². The van der Waals surface area contributed by atoms with Crippen LogP contribution < -0.4 is 16.4 Å². The van der Waals surface area contributed by atoms with E-state index in [9.17, 15) is 4.79 Å². The first kappa shape index (κ1) is 14.7. The maximum atomic E-state index is 11.7. The maximum absolute atomic E-state index is 11.7. The van der Waals surface area contributed by atoms with Crippen LogP contribution in [0.1, 0.15) is 29.6 Å². The molecule has 0 spiro atoms. The number of nitrogens with two attached hydrogens (primary N) is 1. The fourth-order valence-electron chi connectivity index (χ4n) is 1.63. The first-order chi connectivity index (χ1) is 8.84. The quantitative estimate of drug-likeness (QED) is 0.575. The monoisotopic (exact) mass is 249 g/mol. The zero-order valence-electron chi connectivity index (χ0n) is 10.8. The van der Waals surface area contributed by atoms with E-state index in [1.807, 2.05) is 30.3 Å². The second-order valence-corrected chi connectivity index (χ2v) is 4.22. The fourth-order valence-corrected chi connectivity index (χ4v) is 1.63. The molecule has 1 aromatic rings. The van der Waals surface area contributed by atoms with E-state index in [-0.39, 0.29) is 5.91 Å². The summed E-state index contributed by atoms with van der Waals surface area (Å²) in [5.74, 6) is -0.00117. The van der Waals surface area contributed by atoms with Crippen molar-refractivity contribution in [1.82, 2.24) is 10.6 Å². The molecule has 0 aliphatic carbocycles. The Labute approximate surface area is 109 Å². The minimum atomic E-state index is -0.00117. The van der Waals surface area contributed by atoms with Gasteiger partial charge in [-0.3, -0.25) is 4.79 Å². The van der Waals surface area contributed by atoms with Crippen LogP contribution in [0.5, 0.6) is 0 Å². The van der Waals surface area contributed by atoms with Crippen molar-refractivity contribution in [2.75, 3.05) is 26.2 Å². The lowest BCUT2D eigenvalue weighted by Gasteiger charge is -2.06. The van der Waals surface area contributed by atoms with E-state index in [0.717, 1.165) is 38.9 Å². The van der Waals surface area contributed by atoms with Crippen LogP contribution in [-0.4, -0.2) is 32.1 Å². The normalized spacial score (nSPS) is 10.3. The van der Waals surface area contributed by atoms with Gasteiger partial charge in [-0.2, -0.15) is 0 Å². The van der Waals surface area contributed by atoms with Gasteiger partial charge in [0.1, 0.15) is 0 Å². The zero-order valence-corrected chi connectivity index (χ0v) is 10.8. The van der Waals surface area contributed by atoms with Crippen molar-refractivity contribution in [3.8, 4) is 0 Å². The number of hydrogen-bond acceptors (Lipinski definition) is 3. The summed E-state index contributed by atoms with van der Waals surface area (Å²) in [7, 11) is 0. The van der Waals surface area contributed by atoms with Gasteiger partial charge >= 0.3 is 0 Å². The number of amides is 1. The lowest BCUT2D eigenvalue weighted by atomic mass is 10.2. The molecule has 0 unspecified atom stereocenters. The number of benzene rings is 1. The van der Waals surface area contributed by atoms with Gasteiger partial charge in [0.25, 0.3) is 5.91 Å². The molecule has 0 saturated carbocycles. The number of rotatable bonds is 9. The second kappa shape index (κ2) is 9.62. The number of unbranched alkanes of at least 4 members (excludes halogenated alkanes) is 1. The minimum absolute atomic E-state index is 0.00117. The van der Waals surface area contributed by atoms with Gasteiger partial charge in [0.2, 0.25) is 0 Å². The van der Waals surface area contributed by atoms with Crippen LogP contribution in [0.15, 0.2) is 30.3 Å². The molecule has 0 fully saturated rings. The van der Waals surface area contributed by atoms with Crippen LogP contribution in [0.25, 0.3) is 0 Å². The Hall–Kier alpha value is -1.39. The van der Waals surface area contributed by atoms with Crippen LogP contribution in [0, 0.1) is 0 Å². The Balaban J connectivity index is 2.00. The summed E-state index contributed by atoms with van der Waals surface area (Å²) in [5.41, 5.74) is 6.12. The van der Waals surface area contributed by atoms with E-state index in [1.54, 1.807) is 0 Å². The third kappa shape index (κ3) is 6.37. The van der Waals surface area contributed by atoms with Gasteiger partial charge in [-0.05, 0) is 51.0 Å². The molecule has 0 radical (unpaired) electrons. The SMILES string of the molecule is NCCCCNCCCNC(=O)c1ccccc1. The highest BCUT2D eigenvalue weighted by Crippen LogP contribution is 1.97. The first-order valence-electron chi connectivity index (χ1n) is 6.58. The van der Waals surface area contributed by atoms with Crippen molar-refractivity contribution in [2.24, 2.45) is 5.73 Å². The summed E-state index contributed by atoms with van der Waals surface area (Å²) < 4.78 is 0. The molecule has 4 nitrogen and oxygen atoms in total. The van der Waals surface area contributed by atoms with Gasteiger partial charge in [-0.25, -0.2) is 0 Å². The minimum Gasteiger partial charge on any atom is -0.352 e. The van der Waals surface area contributed by atoms with Crippen molar-refractivity contribution in [2.45, 2.75) is 19.3 Å². The Morgan fingerprint density at radius 3 is 2.44 bits per heavy atom. The lowest BCUT2D eigenvalue weighted by Crippen LogP contribution is -2.27. The summed E-state index contributed by atoms with van der Waals surface area (Å²) in [4.78, 5) is 11.7. The summed E-state index contributed by atoms with van der Waals surface area (Å²) in [5, 5.41) is 6.23. The van der Waals surface area contributed by atoms with Gasteiger partial charge in [0, 0.05) is 12.1 Å². The Morgan fingerprint density at radius 1 is 1.00 bits per heavy atom. The van der Waals surface area contributed by atoms with Crippen molar-refractivity contribution in [3.05, 3.63) is 35.9 Å². The smallest absolute Gasteiger partial charge is 0.251 e. The number of carbonyl (C=O) groups is 1. The van der Waals surface area contributed by atoms with E-state index >= 15 is 0 Å². The average Bonchev–Trinajstić information content (AvgIpc) is 2.42. The lowest BCUT2D eigenvalue weighted by molar-refractivity contribution is 0.0953. The zero-order chi connectivity index (χ0) is 13.1. The highest BCUT2D eigenvalue weighted by Gasteiger charge is 2.02. The molecule has 18 heavy (non-hydrogen) atoms. The van der Waals surface area contributed by atoms with Crippen LogP contribution in [0.4, 0.5) is 0 Å². The Bertz CT molecular complexity index is 327. The average molecular weight is 249 g/mol. The molecule has 0 aliphatic rings. The highest BCUT2D eigenvalue weighted by atomic mass is 16.1. The molecule has 0 saturated heterocycles. The molecular formula is C14H23N3O. The van der Waals surface area contributed by atoms with Gasteiger partial charge in [-0.1, -0.05) is 18.2 Å². The molecule has 100 valence electrons. The molecular weight excluding hydrogens is 226 g/mol. The third-order valence-corrected chi connectivity index (χ3v) is 2.66. The van der Waals surface area contributed by atoms with E-state index in [1.165, 1.54) is 0 Å². The molecule has 0 aliphatic heterocycles. The maximum Gasteiger partial charge on any atom is 0.251 e. The van der Waals surface area contributed by atoms with E-state index < -0.39 is 0 Å².